The Balaban J connectivity index is 0.000000420. The van der Waals surface area contributed by atoms with E-state index in [1.807, 2.05) is 17.0 Å². The lowest BCUT2D eigenvalue weighted by Gasteiger charge is -2.21. The van der Waals surface area contributed by atoms with Crippen LogP contribution in [-0.2, 0) is 29.0 Å². The molecule has 0 saturated carbocycles. The molecular formula is C30H45F2N3O3. The summed E-state index contributed by atoms with van der Waals surface area (Å²) in [5, 5.41) is 13.2. The first-order valence-electron chi connectivity index (χ1n) is 13.7. The molecule has 6 nitrogen and oxygen atoms in total. The van der Waals surface area contributed by atoms with Crippen molar-refractivity contribution in [1.82, 2.24) is 10.2 Å². The van der Waals surface area contributed by atoms with Gasteiger partial charge in [-0.15, -0.1) is 0 Å². The topological polar surface area (TPSA) is 95.7 Å². The van der Waals surface area contributed by atoms with Crippen LogP contribution < -0.4 is 11.1 Å². The summed E-state index contributed by atoms with van der Waals surface area (Å²) in [5.74, 6) is -1.35. The number of aliphatic hydroxyl groups excluding tert-OH is 1. The van der Waals surface area contributed by atoms with E-state index >= 15 is 0 Å². The number of carbonyl (C=O) groups is 2. The Labute approximate surface area is 226 Å². The van der Waals surface area contributed by atoms with Gasteiger partial charge in [-0.25, -0.2) is 8.78 Å². The molecule has 0 saturated heterocycles. The fourth-order valence-electron chi connectivity index (χ4n) is 4.01. The van der Waals surface area contributed by atoms with Gasteiger partial charge in [0.1, 0.15) is 11.6 Å². The molecule has 4 N–H and O–H groups in total. The average Bonchev–Trinajstić information content (AvgIpc) is 2.87. The van der Waals surface area contributed by atoms with Gasteiger partial charge in [0.2, 0.25) is 11.8 Å². The van der Waals surface area contributed by atoms with E-state index in [1.54, 1.807) is 0 Å². The molecule has 2 aromatic carbocycles. The van der Waals surface area contributed by atoms with Crippen LogP contribution in [0.15, 0.2) is 42.5 Å². The van der Waals surface area contributed by atoms with Gasteiger partial charge in [0, 0.05) is 45.1 Å². The molecule has 2 amide bonds. The third-order valence-corrected chi connectivity index (χ3v) is 5.95. The third-order valence-electron chi connectivity index (χ3n) is 5.95. The average molecular weight is 534 g/mol. The van der Waals surface area contributed by atoms with Crippen molar-refractivity contribution >= 4 is 11.8 Å². The van der Waals surface area contributed by atoms with Crippen LogP contribution in [0.2, 0.25) is 0 Å². The number of benzene rings is 2. The van der Waals surface area contributed by atoms with Crippen LogP contribution in [0, 0.1) is 11.6 Å². The summed E-state index contributed by atoms with van der Waals surface area (Å²) in [6, 6.07) is 11.8. The van der Waals surface area contributed by atoms with E-state index in [0.29, 0.717) is 50.8 Å². The van der Waals surface area contributed by atoms with Crippen LogP contribution >= 0.6 is 0 Å². The quantitative estimate of drug-likeness (QED) is 0.286. The van der Waals surface area contributed by atoms with E-state index in [4.69, 9.17) is 5.73 Å². The fraction of sp³-hybridized carbons (Fsp3) is 0.533. The number of hydrogen-bond donors (Lipinski definition) is 3. The van der Waals surface area contributed by atoms with E-state index in [1.165, 1.54) is 23.3 Å². The summed E-state index contributed by atoms with van der Waals surface area (Å²) in [7, 11) is 0. The lowest BCUT2D eigenvalue weighted by molar-refractivity contribution is -0.131. The molecule has 0 aliphatic carbocycles. The molecule has 0 bridgehead atoms. The number of primary amides is 1. The van der Waals surface area contributed by atoms with Crippen LogP contribution in [0.3, 0.4) is 0 Å². The lowest BCUT2D eigenvalue weighted by atomic mass is 10.1. The SMILES string of the molecule is CCCN(CCC)C(=O)CCCC(N)=O.CCc1cccc(CNCC(O)CCc2cc(F)cc(F)c2)c1. The number of amides is 2. The number of nitrogens with one attached hydrogen (secondary N) is 1. The number of rotatable bonds is 16. The van der Waals surface area contributed by atoms with Gasteiger partial charge in [0.25, 0.3) is 0 Å². The normalized spacial score (nSPS) is 11.4. The van der Waals surface area contributed by atoms with Gasteiger partial charge in [-0.3, -0.25) is 9.59 Å². The predicted octanol–water partition coefficient (Wildman–Crippen LogP) is 4.90. The zero-order chi connectivity index (χ0) is 28.3. The zero-order valence-electron chi connectivity index (χ0n) is 23.1. The smallest absolute Gasteiger partial charge is 0.222 e. The standard InChI is InChI=1S/C19H23F2NO.C11H22N2O2/c1-2-14-4-3-5-16(8-14)12-22-13-19(23)7-6-15-9-17(20)11-18(21)10-15;1-3-8-13(9-4-2)11(15)7-5-6-10(12)14/h3-5,8-11,19,22-23H,2,6-7,12-13H2,1H3;3-9H2,1-2H3,(H2,12,14). The fourth-order valence-corrected chi connectivity index (χ4v) is 4.01. The highest BCUT2D eigenvalue weighted by atomic mass is 19.1. The summed E-state index contributed by atoms with van der Waals surface area (Å²) in [6.07, 6.45) is 4.62. The minimum absolute atomic E-state index is 0.139. The second-order valence-electron chi connectivity index (χ2n) is 9.48. The summed E-state index contributed by atoms with van der Waals surface area (Å²) in [4.78, 5) is 24.0. The number of carbonyl (C=O) groups excluding carboxylic acids is 2. The van der Waals surface area contributed by atoms with Gasteiger partial charge >= 0.3 is 0 Å². The first-order valence-corrected chi connectivity index (χ1v) is 13.7. The Kier molecular flexibility index (Phi) is 16.8. The third kappa shape index (κ3) is 14.8. The van der Waals surface area contributed by atoms with Crippen molar-refractivity contribution in [2.45, 2.75) is 84.8 Å². The van der Waals surface area contributed by atoms with Gasteiger partial charge in [0.15, 0.2) is 0 Å². The number of aryl methyl sites for hydroxylation is 2. The Morgan fingerprint density at radius 1 is 0.947 bits per heavy atom. The van der Waals surface area contributed by atoms with Crippen molar-refractivity contribution in [1.29, 1.82) is 0 Å². The van der Waals surface area contributed by atoms with Crippen molar-refractivity contribution in [3.63, 3.8) is 0 Å². The molecule has 8 heteroatoms. The minimum atomic E-state index is -0.580. The molecule has 0 aliphatic rings. The Hall–Kier alpha value is -2.84. The van der Waals surface area contributed by atoms with Crippen LogP contribution in [0.25, 0.3) is 0 Å². The second-order valence-corrected chi connectivity index (χ2v) is 9.48. The van der Waals surface area contributed by atoms with Crippen molar-refractivity contribution in [3.05, 3.63) is 70.8 Å². The molecule has 0 spiro atoms. The molecule has 1 unspecified atom stereocenters. The number of nitrogens with zero attached hydrogens (tertiary/aromatic N) is 1. The van der Waals surface area contributed by atoms with Crippen molar-refractivity contribution in [3.8, 4) is 0 Å². The number of halogens is 2. The van der Waals surface area contributed by atoms with Crippen LogP contribution in [0.1, 0.15) is 76.0 Å². The Morgan fingerprint density at radius 3 is 2.16 bits per heavy atom. The van der Waals surface area contributed by atoms with Gasteiger partial charge in [-0.1, -0.05) is 45.0 Å². The minimum Gasteiger partial charge on any atom is -0.392 e. The monoisotopic (exact) mass is 533 g/mol. The van der Waals surface area contributed by atoms with Crippen LogP contribution in [0.5, 0.6) is 0 Å². The molecule has 2 aromatic rings. The largest absolute Gasteiger partial charge is 0.392 e. The molecule has 38 heavy (non-hydrogen) atoms. The summed E-state index contributed by atoms with van der Waals surface area (Å²) in [6.45, 7) is 8.99. The molecule has 0 aromatic heterocycles. The first kappa shape index (κ1) is 33.2. The summed E-state index contributed by atoms with van der Waals surface area (Å²) >= 11 is 0. The van der Waals surface area contributed by atoms with E-state index in [-0.39, 0.29) is 11.8 Å². The van der Waals surface area contributed by atoms with Crippen LogP contribution in [0.4, 0.5) is 8.78 Å². The molecule has 0 aliphatic heterocycles. The van der Waals surface area contributed by atoms with Gasteiger partial charge in [-0.2, -0.15) is 0 Å². The van der Waals surface area contributed by atoms with Gasteiger partial charge < -0.3 is 21.1 Å². The van der Waals surface area contributed by atoms with Crippen molar-refractivity contribution in [2.75, 3.05) is 19.6 Å². The molecule has 212 valence electrons. The zero-order valence-corrected chi connectivity index (χ0v) is 23.1. The summed E-state index contributed by atoms with van der Waals surface area (Å²) in [5.41, 5.74) is 8.05. The first-order chi connectivity index (χ1) is 18.2. The maximum atomic E-state index is 13.1. The molecule has 1 atom stereocenters. The van der Waals surface area contributed by atoms with E-state index in [0.717, 1.165) is 38.4 Å². The van der Waals surface area contributed by atoms with Crippen LogP contribution in [-0.4, -0.2) is 47.6 Å². The highest BCUT2D eigenvalue weighted by Gasteiger charge is 2.11. The van der Waals surface area contributed by atoms with Gasteiger partial charge in [-0.05, 0) is 67.3 Å². The summed E-state index contributed by atoms with van der Waals surface area (Å²) < 4.78 is 26.2. The molecule has 0 heterocycles. The maximum Gasteiger partial charge on any atom is 0.222 e. The molecule has 2 rings (SSSR count). The van der Waals surface area contributed by atoms with E-state index in [9.17, 15) is 23.5 Å². The number of hydrogen-bond acceptors (Lipinski definition) is 4. The number of nitrogens with two attached hydrogens (primary N) is 1. The second kappa shape index (κ2) is 19.3. The highest BCUT2D eigenvalue weighted by Crippen LogP contribution is 2.11. The molecule has 0 radical (unpaired) electrons. The maximum absolute atomic E-state index is 13.1. The Bertz CT molecular complexity index is 945. The van der Waals surface area contributed by atoms with Gasteiger partial charge in [0.05, 0.1) is 6.10 Å². The predicted molar refractivity (Wildman–Crippen MR) is 148 cm³/mol. The van der Waals surface area contributed by atoms with E-state index < -0.39 is 17.7 Å². The molecular weight excluding hydrogens is 488 g/mol. The lowest BCUT2D eigenvalue weighted by Crippen LogP contribution is -2.32. The molecule has 0 fully saturated rings. The Morgan fingerprint density at radius 2 is 1.58 bits per heavy atom. The van der Waals surface area contributed by atoms with E-state index in [2.05, 4.69) is 38.2 Å². The highest BCUT2D eigenvalue weighted by molar-refractivity contribution is 5.78. The number of aliphatic hydroxyl groups is 1. The van der Waals surface area contributed by atoms with Crippen molar-refractivity contribution in [2.24, 2.45) is 5.73 Å². The van der Waals surface area contributed by atoms with Crippen molar-refractivity contribution < 1.29 is 23.5 Å².